The highest BCUT2D eigenvalue weighted by Gasteiger charge is 2.09. The zero-order valence-electron chi connectivity index (χ0n) is 13.0. The van der Waals surface area contributed by atoms with Crippen molar-refractivity contribution in [2.45, 2.75) is 13.8 Å². The minimum Gasteiger partial charge on any atom is -0.489 e. The number of ether oxygens (including phenoxy) is 2. The molecular weight excluding hydrogens is 288 g/mol. The van der Waals surface area contributed by atoms with Crippen molar-refractivity contribution < 1.29 is 9.47 Å². The van der Waals surface area contributed by atoms with Crippen LogP contribution in [0.3, 0.4) is 0 Å². The quantitative estimate of drug-likeness (QED) is 0.783. The van der Waals surface area contributed by atoms with E-state index in [9.17, 15) is 0 Å². The minimum absolute atomic E-state index is 0.533. The molecule has 0 atom stereocenters. The first-order valence-electron chi connectivity index (χ1n) is 7.57. The Hall–Kier alpha value is -0.810. The predicted molar refractivity (Wildman–Crippen MR) is 86.5 cm³/mol. The van der Waals surface area contributed by atoms with Gasteiger partial charge in [-0.3, -0.25) is 4.90 Å². The summed E-state index contributed by atoms with van der Waals surface area (Å²) >= 11 is 6.20. The number of rotatable bonds is 7. The molecule has 0 radical (unpaired) electrons. The predicted octanol–water partition coefficient (Wildman–Crippen LogP) is 2.26. The van der Waals surface area contributed by atoms with E-state index in [1.54, 1.807) is 0 Å². The van der Waals surface area contributed by atoms with Crippen LogP contribution in [0, 0.1) is 13.8 Å². The maximum absolute atomic E-state index is 6.20. The Morgan fingerprint density at radius 2 is 1.90 bits per heavy atom. The molecule has 1 fully saturated rings. The molecule has 0 aliphatic carbocycles. The summed E-state index contributed by atoms with van der Waals surface area (Å²) in [7, 11) is 0. The lowest BCUT2D eigenvalue weighted by molar-refractivity contribution is 0.0766. The van der Waals surface area contributed by atoms with Crippen LogP contribution >= 0.6 is 11.6 Å². The van der Waals surface area contributed by atoms with Crippen LogP contribution in [0.4, 0.5) is 0 Å². The van der Waals surface area contributed by atoms with Crippen LogP contribution < -0.4 is 10.1 Å². The normalized spacial score (nSPS) is 16.1. The van der Waals surface area contributed by atoms with Crippen molar-refractivity contribution in [2.24, 2.45) is 0 Å². The van der Waals surface area contributed by atoms with Crippen LogP contribution in [0.5, 0.6) is 5.75 Å². The molecule has 1 N–H and O–H groups in total. The Morgan fingerprint density at radius 3 is 2.62 bits per heavy atom. The second kappa shape index (κ2) is 8.59. The van der Waals surface area contributed by atoms with Gasteiger partial charge in [-0.1, -0.05) is 17.7 Å². The lowest BCUT2D eigenvalue weighted by Crippen LogP contribution is -2.44. The van der Waals surface area contributed by atoms with E-state index in [4.69, 9.17) is 21.1 Å². The monoisotopic (exact) mass is 312 g/mol. The molecule has 1 aliphatic rings. The largest absolute Gasteiger partial charge is 0.489 e. The fraction of sp³-hybridized carbons (Fsp3) is 0.625. The molecule has 0 unspecified atom stereocenters. The van der Waals surface area contributed by atoms with E-state index in [0.717, 1.165) is 56.2 Å². The van der Waals surface area contributed by atoms with Crippen LogP contribution in [0.1, 0.15) is 11.1 Å². The second-order valence-corrected chi connectivity index (χ2v) is 5.85. The summed E-state index contributed by atoms with van der Waals surface area (Å²) in [6.07, 6.45) is 0. The molecular formula is C16H25ClN2O2. The average molecular weight is 313 g/mol. The number of hydrogen-bond acceptors (Lipinski definition) is 4. The summed E-state index contributed by atoms with van der Waals surface area (Å²) in [5.41, 5.74) is 2.22. The molecule has 1 aromatic rings. The molecule has 5 heteroatoms. The Labute approximate surface area is 132 Å². The summed E-state index contributed by atoms with van der Waals surface area (Å²) in [4.78, 5) is 2.42. The molecule has 0 spiro atoms. The highest BCUT2D eigenvalue weighted by atomic mass is 35.5. The first-order chi connectivity index (χ1) is 10.2. The molecule has 0 aromatic heterocycles. The van der Waals surface area contributed by atoms with Gasteiger partial charge in [0.1, 0.15) is 12.4 Å². The molecule has 1 aliphatic heterocycles. The van der Waals surface area contributed by atoms with E-state index >= 15 is 0 Å². The number of piperazine rings is 1. The van der Waals surface area contributed by atoms with E-state index in [-0.39, 0.29) is 0 Å². The highest BCUT2D eigenvalue weighted by molar-refractivity contribution is 6.32. The number of benzene rings is 1. The Balaban J connectivity index is 1.61. The maximum Gasteiger partial charge on any atom is 0.140 e. The topological polar surface area (TPSA) is 33.7 Å². The standard InChI is InChI=1S/C16H25ClN2O2/c1-13-11-14(2)16(15(17)12-13)21-10-9-20-8-7-19-5-3-18-4-6-19/h11-12,18H,3-10H2,1-2H3. The van der Waals surface area contributed by atoms with Crippen molar-refractivity contribution in [2.75, 3.05) is 52.5 Å². The van der Waals surface area contributed by atoms with Crippen molar-refractivity contribution in [3.8, 4) is 5.75 Å². The van der Waals surface area contributed by atoms with E-state index in [0.29, 0.717) is 18.2 Å². The number of aryl methyl sites for hydroxylation is 2. The number of nitrogens with one attached hydrogen (secondary N) is 1. The van der Waals surface area contributed by atoms with Crippen LogP contribution in [0.25, 0.3) is 0 Å². The lowest BCUT2D eigenvalue weighted by Gasteiger charge is -2.26. The summed E-state index contributed by atoms with van der Waals surface area (Å²) in [5, 5.41) is 4.02. The molecule has 21 heavy (non-hydrogen) atoms. The van der Waals surface area contributed by atoms with Crippen LogP contribution in [-0.2, 0) is 4.74 Å². The SMILES string of the molecule is Cc1cc(C)c(OCCOCCN2CCNCC2)c(Cl)c1. The number of nitrogens with zero attached hydrogens (tertiary/aromatic N) is 1. The summed E-state index contributed by atoms with van der Waals surface area (Å²) in [5.74, 6) is 0.771. The fourth-order valence-corrected chi connectivity index (χ4v) is 2.89. The van der Waals surface area contributed by atoms with Gasteiger partial charge >= 0.3 is 0 Å². The third-order valence-electron chi connectivity index (χ3n) is 3.61. The first kappa shape index (κ1) is 16.6. The van der Waals surface area contributed by atoms with Crippen LogP contribution in [-0.4, -0.2) is 57.4 Å². The van der Waals surface area contributed by atoms with Gasteiger partial charge in [0.25, 0.3) is 0 Å². The van der Waals surface area contributed by atoms with E-state index in [1.165, 1.54) is 0 Å². The molecule has 118 valence electrons. The molecule has 1 aromatic carbocycles. The molecule has 0 amide bonds. The third-order valence-corrected chi connectivity index (χ3v) is 3.89. The number of halogens is 1. The van der Waals surface area contributed by atoms with E-state index in [1.807, 2.05) is 19.9 Å². The van der Waals surface area contributed by atoms with Gasteiger partial charge in [-0.25, -0.2) is 0 Å². The summed E-state index contributed by atoms with van der Waals surface area (Å²) in [6.45, 7) is 11.3. The van der Waals surface area contributed by atoms with Crippen LogP contribution in [0.2, 0.25) is 5.02 Å². The van der Waals surface area contributed by atoms with Gasteiger partial charge in [-0.15, -0.1) is 0 Å². The smallest absolute Gasteiger partial charge is 0.140 e. The first-order valence-corrected chi connectivity index (χ1v) is 7.95. The number of hydrogen-bond donors (Lipinski definition) is 1. The average Bonchev–Trinajstić information content (AvgIpc) is 2.45. The van der Waals surface area contributed by atoms with Crippen LogP contribution in [0.15, 0.2) is 12.1 Å². The Morgan fingerprint density at radius 1 is 1.14 bits per heavy atom. The van der Waals surface area contributed by atoms with E-state index < -0.39 is 0 Å². The van der Waals surface area contributed by atoms with Gasteiger partial charge in [0.2, 0.25) is 0 Å². The van der Waals surface area contributed by atoms with Gasteiger partial charge in [0, 0.05) is 32.7 Å². The van der Waals surface area contributed by atoms with Crippen molar-refractivity contribution in [1.82, 2.24) is 10.2 Å². The zero-order valence-corrected chi connectivity index (χ0v) is 13.7. The second-order valence-electron chi connectivity index (χ2n) is 5.45. The third kappa shape index (κ3) is 5.47. The van der Waals surface area contributed by atoms with E-state index in [2.05, 4.69) is 16.3 Å². The molecule has 1 saturated heterocycles. The maximum atomic E-state index is 6.20. The Kier molecular flexibility index (Phi) is 6.77. The van der Waals surface area contributed by atoms with Gasteiger partial charge in [0.05, 0.1) is 18.2 Å². The molecule has 4 nitrogen and oxygen atoms in total. The zero-order chi connectivity index (χ0) is 15.1. The van der Waals surface area contributed by atoms with Gasteiger partial charge in [-0.2, -0.15) is 0 Å². The van der Waals surface area contributed by atoms with Crippen molar-refractivity contribution in [3.05, 3.63) is 28.3 Å². The minimum atomic E-state index is 0.533. The van der Waals surface area contributed by atoms with Gasteiger partial charge < -0.3 is 14.8 Å². The molecule has 0 bridgehead atoms. The summed E-state index contributed by atoms with van der Waals surface area (Å²) < 4.78 is 11.4. The lowest BCUT2D eigenvalue weighted by atomic mass is 10.1. The molecule has 2 rings (SSSR count). The van der Waals surface area contributed by atoms with Crippen molar-refractivity contribution in [1.29, 1.82) is 0 Å². The van der Waals surface area contributed by atoms with Crippen molar-refractivity contribution >= 4 is 11.6 Å². The highest BCUT2D eigenvalue weighted by Crippen LogP contribution is 2.29. The fourth-order valence-electron chi connectivity index (χ4n) is 2.52. The van der Waals surface area contributed by atoms with Gasteiger partial charge in [0.15, 0.2) is 0 Å². The Bertz CT molecular complexity index is 425. The van der Waals surface area contributed by atoms with Gasteiger partial charge in [-0.05, 0) is 31.0 Å². The molecule has 1 heterocycles. The molecule has 0 saturated carbocycles. The van der Waals surface area contributed by atoms with Crippen molar-refractivity contribution in [3.63, 3.8) is 0 Å². The summed E-state index contributed by atoms with van der Waals surface area (Å²) in [6, 6.07) is 4.00.